The first kappa shape index (κ1) is 20.9. The Morgan fingerprint density at radius 3 is 2.07 bits per heavy atom. The fourth-order valence-corrected chi connectivity index (χ4v) is 3.04. The summed E-state index contributed by atoms with van der Waals surface area (Å²) >= 11 is 0. The van der Waals surface area contributed by atoms with Gasteiger partial charge in [0.2, 0.25) is 6.79 Å². The second-order valence-corrected chi connectivity index (χ2v) is 7.23. The van der Waals surface area contributed by atoms with Gasteiger partial charge in [-0.05, 0) is 80.0 Å². The first-order valence-electron chi connectivity index (χ1n) is 9.41. The van der Waals surface area contributed by atoms with Crippen LogP contribution >= 0.6 is 9.24 Å². The number of ether oxygens (including phenoxy) is 3. The summed E-state index contributed by atoms with van der Waals surface area (Å²) in [5.74, 6) is 1.59. The van der Waals surface area contributed by atoms with Crippen LogP contribution in [-0.4, -0.2) is 12.8 Å². The lowest BCUT2D eigenvalue weighted by atomic mass is 10.1. The van der Waals surface area contributed by atoms with E-state index >= 15 is 0 Å². The molecule has 0 aliphatic heterocycles. The molecule has 3 aromatic carbocycles. The Bertz CT molecular complexity index is 979. The lowest BCUT2D eigenvalue weighted by molar-refractivity contribution is 0.0732. The van der Waals surface area contributed by atoms with E-state index in [-0.39, 0.29) is 12.8 Å². The van der Waals surface area contributed by atoms with Crippen LogP contribution in [0.4, 0.5) is 0 Å². The molecular weight excluding hydrogens is 383 g/mol. The largest absolute Gasteiger partial charge is 0.458 e. The topological polar surface area (TPSA) is 44.8 Å². The maximum Gasteiger partial charge on any atom is 0.343 e. The van der Waals surface area contributed by atoms with Gasteiger partial charge in [-0.15, -0.1) is 9.24 Å². The summed E-state index contributed by atoms with van der Waals surface area (Å²) in [6, 6.07) is 18.7. The number of aryl methyl sites for hydroxylation is 1. The van der Waals surface area contributed by atoms with Crippen molar-refractivity contribution in [1.82, 2.24) is 0 Å². The third kappa shape index (κ3) is 5.36. The first-order valence-corrected chi connectivity index (χ1v) is 10.2. The lowest BCUT2D eigenvalue weighted by Gasteiger charge is -2.15. The maximum absolute atomic E-state index is 12.4. The van der Waals surface area contributed by atoms with Crippen LogP contribution in [0.3, 0.4) is 0 Å². The highest BCUT2D eigenvalue weighted by molar-refractivity contribution is 7.15. The Kier molecular flexibility index (Phi) is 6.90. The number of carbonyl (C=O) groups excluding carboxylic acids is 1. The summed E-state index contributed by atoms with van der Waals surface area (Å²) in [5, 5.41) is 0. The van der Waals surface area contributed by atoms with Crippen molar-refractivity contribution < 1.29 is 19.0 Å². The van der Waals surface area contributed by atoms with Gasteiger partial charge in [-0.3, -0.25) is 0 Å². The summed E-state index contributed by atoms with van der Waals surface area (Å²) in [6.45, 7) is 5.97. The Morgan fingerprint density at radius 1 is 0.793 bits per heavy atom. The number of hydrogen-bond acceptors (Lipinski definition) is 4. The van der Waals surface area contributed by atoms with Gasteiger partial charge in [-0.25, -0.2) is 4.79 Å². The van der Waals surface area contributed by atoms with E-state index in [4.69, 9.17) is 14.2 Å². The Balaban J connectivity index is 1.63. The van der Waals surface area contributed by atoms with Crippen molar-refractivity contribution in [3.63, 3.8) is 0 Å². The molecule has 0 radical (unpaired) electrons. The minimum Gasteiger partial charge on any atom is -0.458 e. The molecular formula is C24H25O4P. The van der Waals surface area contributed by atoms with Crippen LogP contribution in [0, 0.1) is 20.8 Å². The number of carbonyl (C=O) groups is 1. The lowest BCUT2D eigenvalue weighted by Crippen LogP contribution is -2.11. The minimum atomic E-state index is -0.376. The zero-order valence-electron chi connectivity index (χ0n) is 16.9. The van der Waals surface area contributed by atoms with E-state index in [0.29, 0.717) is 17.1 Å². The quantitative estimate of drug-likeness (QED) is 0.220. The van der Waals surface area contributed by atoms with E-state index < -0.39 is 0 Å². The van der Waals surface area contributed by atoms with Crippen molar-refractivity contribution >= 4 is 15.2 Å². The molecule has 0 aliphatic carbocycles. The molecule has 0 saturated heterocycles. The number of esters is 1. The van der Waals surface area contributed by atoms with E-state index in [1.165, 1.54) is 5.56 Å². The smallest absolute Gasteiger partial charge is 0.343 e. The van der Waals surface area contributed by atoms with E-state index in [9.17, 15) is 4.79 Å². The number of benzene rings is 3. The summed E-state index contributed by atoms with van der Waals surface area (Å²) < 4.78 is 17.0. The van der Waals surface area contributed by atoms with Crippen molar-refractivity contribution in [1.29, 1.82) is 0 Å². The minimum absolute atomic E-state index is 0.102. The van der Waals surface area contributed by atoms with Crippen molar-refractivity contribution in [2.45, 2.75) is 26.9 Å². The maximum atomic E-state index is 12.4. The van der Waals surface area contributed by atoms with Gasteiger partial charge in [0.05, 0.1) is 5.56 Å². The molecule has 0 amide bonds. The van der Waals surface area contributed by atoms with E-state index in [1.54, 1.807) is 24.3 Å². The zero-order valence-corrected chi connectivity index (χ0v) is 18.1. The van der Waals surface area contributed by atoms with Gasteiger partial charge in [-0.2, -0.15) is 0 Å². The molecule has 0 heterocycles. The molecule has 0 spiro atoms. The molecule has 4 nitrogen and oxygen atoms in total. The molecule has 0 saturated carbocycles. The van der Waals surface area contributed by atoms with Gasteiger partial charge in [0.1, 0.15) is 17.2 Å². The SMILES string of the molecule is Cc1ccc(OCOc2ccc(OC(=O)c3ccc(CP)cc3)c(C)c2C)cc1. The van der Waals surface area contributed by atoms with Crippen molar-refractivity contribution in [2.24, 2.45) is 0 Å². The molecule has 29 heavy (non-hydrogen) atoms. The normalized spacial score (nSPS) is 10.5. The van der Waals surface area contributed by atoms with Gasteiger partial charge in [0, 0.05) is 0 Å². The van der Waals surface area contributed by atoms with Gasteiger partial charge in [0.15, 0.2) is 0 Å². The van der Waals surface area contributed by atoms with E-state index in [1.807, 2.05) is 57.2 Å². The molecule has 1 atom stereocenters. The average Bonchev–Trinajstić information content (AvgIpc) is 2.74. The van der Waals surface area contributed by atoms with Crippen LogP contribution in [0.1, 0.15) is 32.6 Å². The van der Waals surface area contributed by atoms with Crippen LogP contribution in [0.25, 0.3) is 0 Å². The third-order valence-corrected chi connectivity index (χ3v) is 5.25. The summed E-state index contributed by atoms with van der Waals surface area (Å²) in [4.78, 5) is 12.4. The second kappa shape index (κ2) is 9.58. The molecule has 150 valence electrons. The first-order chi connectivity index (χ1) is 14.0. The highest BCUT2D eigenvalue weighted by Crippen LogP contribution is 2.30. The Morgan fingerprint density at radius 2 is 1.41 bits per heavy atom. The third-order valence-electron chi connectivity index (χ3n) is 4.78. The monoisotopic (exact) mass is 408 g/mol. The van der Waals surface area contributed by atoms with Gasteiger partial charge < -0.3 is 14.2 Å². The number of hydrogen-bond donors (Lipinski definition) is 0. The zero-order chi connectivity index (χ0) is 20.8. The molecule has 0 N–H and O–H groups in total. The fourth-order valence-electron chi connectivity index (χ4n) is 2.77. The molecule has 3 aromatic rings. The molecule has 1 unspecified atom stereocenters. The average molecular weight is 408 g/mol. The summed E-state index contributed by atoms with van der Waals surface area (Å²) in [5.41, 5.74) is 4.60. The highest BCUT2D eigenvalue weighted by Gasteiger charge is 2.14. The molecule has 0 bridgehead atoms. The molecule has 3 rings (SSSR count). The summed E-state index contributed by atoms with van der Waals surface area (Å²) in [7, 11) is 2.66. The summed E-state index contributed by atoms with van der Waals surface area (Å²) in [6.07, 6.45) is 0.850. The van der Waals surface area contributed by atoms with E-state index in [0.717, 1.165) is 28.6 Å². The molecule has 5 heteroatoms. The predicted molar refractivity (Wildman–Crippen MR) is 118 cm³/mol. The van der Waals surface area contributed by atoms with Crippen molar-refractivity contribution in [3.8, 4) is 17.2 Å². The highest BCUT2D eigenvalue weighted by atomic mass is 31.0. The van der Waals surface area contributed by atoms with E-state index in [2.05, 4.69) is 9.24 Å². The van der Waals surface area contributed by atoms with Crippen molar-refractivity contribution in [2.75, 3.05) is 6.79 Å². The van der Waals surface area contributed by atoms with Gasteiger partial charge in [-0.1, -0.05) is 29.8 Å². The Labute approximate surface area is 174 Å². The second-order valence-electron chi connectivity index (χ2n) is 6.82. The number of rotatable bonds is 7. The van der Waals surface area contributed by atoms with Crippen LogP contribution in [-0.2, 0) is 6.16 Å². The molecule has 0 aliphatic rings. The predicted octanol–water partition coefficient (Wildman–Crippen LogP) is 5.62. The van der Waals surface area contributed by atoms with Crippen LogP contribution < -0.4 is 14.2 Å². The van der Waals surface area contributed by atoms with Crippen LogP contribution in [0.15, 0.2) is 60.7 Å². The molecule has 0 aromatic heterocycles. The standard InChI is InChI=1S/C24H25O4P/c1-16-4-10-21(11-5-16)26-15-27-22-12-13-23(18(3)17(22)2)28-24(25)20-8-6-19(14-29)7-9-20/h4-13H,14-15,29H2,1-3H3. The Hall–Kier alpha value is -2.84. The van der Waals surface area contributed by atoms with Crippen LogP contribution in [0.5, 0.6) is 17.2 Å². The van der Waals surface area contributed by atoms with Crippen molar-refractivity contribution in [3.05, 3.63) is 88.5 Å². The fraction of sp³-hybridized carbons (Fsp3) is 0.208. The van der Waals surface area contributed by atoms with Gasteiger partial charge in [0.25, 0.3) is 0 Å². The van der Waals surface area contributed by atoms with Gasteiger partial charge >= 0.3 is 5.97 Å². The van der Waals surface area contributed by atoms with Crippen LogP contribution in [0.2, 0.25) is 0 Å². The molecule has 0 fully saturated rings.